The highest BCUT2D eigenvalue weighted by atomic mass is 19.1. The molecule has 0 aromatic heterocycles. The first-order valence-corrected chi connectivity index (χ1v) is 8.24. The van der Waals surface area contributed by atoms with Gasteiger partial charge in [-0.05, 0) is 68.8 Å². The molecule has 1 aliphatic carbocycles. The van der Waals surface area contributed by atoms with Gasteiger partial charge in [-0.15, -0.1) is 0 Å². The standard InChI is InChI=1S/C18H29FN2/c1-4-14-5-8-16(9-6-14)21(3)18(12-20)17-10-7-15(19)11-13(17)2/h7,10-11,14,16,18H,4-6,8-9,12,20H2,1-3H3. The zero-order valence-corrected chi connectivity index (χ0v) is 13.6. The molecule has 0 spiro atoms. The number of likely N-dealkylation sites (N-methyl/N-ethyl adjacent to an activating group) is 1. The lowest BCUT2D eigenvalue weighted by atomic mass is 9.83. The lowest BCUT2D eigenvalue weighted by Crippen LogP contribution is -2.40. The summed E-state index contributed by atoms with van der Waals surface area (Å²) < 4.78 is 13.3. The van der Waals surface area contributed by atoms with Gasteiger partial charge in [-0.1, -0.05) is 19.4 Å². The van der Waals surface area contributed by atoms with Crippen molar-refractivity contribution in [2.24, 2.45) is 11.7 Å². The predicted molar refractivity (Wildman–Crippen MR) is 86.7 cm³/mol. The van der Waals surface area contributed by atoms with Gasteiger partial charge in [-0.3, -0.25) is 4.90 Å². The Bertz CT molecular complexity index is 453. The SMILES string of the molecule is CCC1CCC(N(C)C(CN)c2ccc(F)cc2C)CC1. The Morgan fingerprint density at radius 1 is 1.29 bits per heavy atom. The molecule has 3 heteroatoms. The highest BCUT2D eigenvalue weighted by Crippen LogP contribution is 2.33. The van der Waals surface area contributed by atoms with Crippen molar-refractivity contribution in [1.82, 2.24) is 4.90 Å². The van der Waals surface area contributed by atoms with Crippen molar-refractivity contribution in [2.45, 2.75) is 58.0 Å². The average Bonchev–Trinajstić information content (AvgIpc) is 2.50. The van der Waals surface area contributed by atoms with Crippen LogP contribution in [0.15, 0.2) is 18.2 Å². The molecule has 2 nitrogen and oxygen atoms in total. The van der Waals surface area contributed by atoms with Crippen LogP contribution in [-0.2, 0) is 0 Å². The summed E-state index contributed by atoms with van der Waals surface area (Å²) in [5.74, 6) is 0.733. The average molecular weight is 292 g/mol. The number of halogens is 1. The van der Waals surface area contributed by atoms with Crippen molar-refractivity contribution in [3.8, 4) is 0 Å². The van der Waals surface area contributed by atoms with Crippen LogP contribution in [0, 0.1) is 18.7 Å². The Hall–Kier alpha value is -0.930. The second kappa shape index (κ2) is 7.37. The summed E-state index contributed by atoms with van der Waals surface area (Å²) in [6.45, 7) is 4.85. The van der Waals surface area contributed by atoms with Gasteiger partial charge >= 0.3 is 0 Å². The maximum Gasteiger partial charge on any atom is 0.123 e. The van der Waals surface area contributed by atoms with Crippen molar-refractivity contribution < 1.29 is 4.39 Å². The Labute approximate surface area is 128 Å². The summed E-state index contributed by atoms with van der Waals surface area (Å²) in [4.78, 5) is 2.42. The molecule has 0 saturated heterocycles. The van der Waals surface area contributed by atoms with E-state index in [2.05, 4.69) is 18.9 Å². The maximum atomic E-state index is 13.3. The third-order valence-electron chi connectivity index (χ3n) is 5.28. The molecule has 0 amide bonds. The first-order valence-electron chi connectivity index (χ1n) is 8.24. The van der Waals surface area contributed by atoms with Gasteiger partial charge < -0.3 is 5.73 Å². The third-order valence-corrected chi connectivity index (χ3v) is 5.28. The maximum absolute atomic E-state index is 13.3. The Kier molecular flexibility index (Phi) is 5.77. The number of nitrogens with two attached hydrogens (primary N) is 1. The van der Waals surface area contributed by atoms with E-state index in [0.29, 0.717) is 12.6 Å². The Morgan fingerprint density at radius 2 is 1.95 bits per heavy atom. The predicted octanol–water partition coefficient (Wildman–Crippen LogP) is 4.03. The van der Waals surface area contributed by atoms with Crippen LogP contribution in [0.4, 0.5) is 4.39 Å². The lowest BCUT2D eigenvalue weighted by molar-refractivity contribution is 0.121. The fraction of sp³-hybridized carbons (Fsp3) is 0.667. The number of benzene rings is 1. The second-order valence-electron chi connectivity index (χ2n) is 6.50. The molecule has 0 radical (unpaired) electrons. The van der Waals surface area contributed by atoms with Crippen molar-refractivity contribution in [2.75, 3.05) is 13.6 Å². The van der Waals surface area contributed by atoms with Gasteiger partial charge in [0.2, 0.25) is 0 Å². The molecule has 2 rings (SSSR count). The molecule has 1 atom stereocenters. The van der Waals surface area contributed by atoms with E-state index < -0.39 is 0 Å². The molecule has 1 aliphatic rings. The van der Waals surface area contributed by atoms with E-state index in [1.165, 1.54) is 37.7 Å². The largest absolute Gasteiger partial charge is 0.329 e. The van der Waals surface area contributed by atoms with Gasteiger partial charge in [0.25, 0.3) is 0 Å². The summed E-state index contributed by atoms with van der Waals surface area (Å²) in [6.07, 6.45) is 6.46. The number of hydrogen-bond acceptors (Lipinski definition) is 2. The number of rotatable bonds is 5. The van der Waals surface area contributed by atoms with Crippen LogP contribution in [0.5, 0.6) is 0 Å². The Morgan fingerprint density at radius 3 is 2.48 bits per heavy atom. The van der Waals surface area contributed by atoms with Crippen molar-refractivity contribution >= 4 is 0 Å². The van der Waals surface area contributed by atoms with Crippen molar-refractivity contribution in [3.63, 3.8) is 0 Å². The van der Waals surface area contributed by atoms with Crippen LogP contribution in [0.2, 0.25) is 0 Å². The zero-order chi connectivity index (χ0) is 15.4. The van der Waals surface area contributed by atoms with Crippen LogP contribution in [0.3, 0.4) is 0 Å². The molecule has 0 heterocycles. The summed E-state index contributed by atoms with van der Waals surface area (Å²) in [7, 11) is 2.18. The van der Waals surface area contributed by atoms with Crippen LogP contribution < -0.4 is 5.73 Å². The smallest absolute Gasteiger partial charge is 0.123 e. The van der Waals surface area contributed by atoms with Crippen LogP contribution in [-0.4, -0.2) is 24.5 Å². The van der Waals surface area contributed by atoms with Crippen LogP contribution in [0.1, 0.15) is 56.2 Å². The lowest BCUT2D eigenvalue weighted by Gasteiger charge is -2.39. The summed E-state index contributed by atoms with van der Waals surface area (Å²) >= 11 is 0. The van der Waals surface area contributed by atoms with E-state index in [1.807, 2.05) is 13.0 Å². The molecular formula is C18H29FN2. The summed E-state index contributed by atoms with van der Waals surface area (Å²) in [5.41, 5.74) is 8.20. The molecule has 2 N–H and O–H groups in total. The number of nitrogens with zero attached hydrogens (tertiary/aromatic N) is 1. The first-order chi connectivity index (χ1) is 10.1. The van der Waals surface area contributed by atoms with E-state index in [0.717, 1.165) is 11.5 Å². The topological polar surface area (TPSA) is 29.3 Å². The van der Waals surface area contributed by atoms with Gasteiger partial charge in [-0.25, -0.2) is 4.39 Å². The number of aryl methyl sites for hydroxylation is 1. The molecule has 1 aromatic carbocycles. The van der Waals surface area contributed by atoms with Gasteiger partial charge in [0, 0.05) is 18.6 Å². The molecule has 1 fully saturated rings. The minimum absolute atomic E-state index is 0.168. The molecule has 1 aromatic rings. The minimum Gasteiger partial charge on any atom is -0.329 e. The van der Waals surface area contributed by atoms with Crippen LogP contribution in [0.25, 0.3) is 0 Å². The van der Waals surface area contributed by atoms with E-state index in [4.69, 9.17) is 5.73 Å². The molecule has 1 unspecified atom stereocenters. The molecule has 0 aliphatic heterocycles. The van der Waals surface area contributed by atoms with E-state index in [9.17, 15) is 4.39 Å². The zero-order valence-electron chi connectivity index (χ0n) is 13.6. The number of hydrogen-bond donors (Lipinski definition) is 1. The molecule has 118 valence electrons. The van der Waals surface area contributed by atoms with Gasteiger partial charge in [-0.2, -0.15) is 0 Å². The van der Waals surface area contributed by atoms with Gasteiger partial charge in [0.1, 0.15) is 5.82 Å². The first kappa shape index (κ1) is 16.4. The summed E-state index contributed by atoms with van der Waals surface area (Å²) in [6, 6.07) is 5.85. The van der Waals surface area contributed by atoms with Gasteiger partial charge in [0.05, 0.1) is 0 Å². The van der Waals surface area contributed by atoms with E-state index in [1.54, 1.807) is 12.1 Å². The monoisotopic (exact) mass is 292 g/mol. The minimum atomic E-state index is -0.168. The Balaban J connectivity index is 2.10. The quantitative estimate of drug-likeness (QED) is 0.887. The van der Waals surface area contributed by atoms with E-state index >= 15 is 0 Å². The highest BCUT2D eigenvalue weighted by Gasteiger charge is 2.28. The highest BCUT2D eigenvalue weighted by molar-refractivity contribution is 5.30. The molecule has 0 bridgehead atoms. The van der Waals surface area contributed by atoms with E-state index in [-0.39, 0.29) is 11.9 Å². The molecule has 21 heavy (non-hydrogen) atoms. The van der Waals surface area contributed by atoms with Crippen LogP contribution >= 0.6 is 0 Å². The summed E-state index contributed by atoms with van der Waals surface area (Å²) in [5, 5.41) is 0. The fourth-order valence-corrected chi connectivity index (χ4v) is 3.74. The normalized spacial score (nSPS) is 24.3. The van der Waals surface area contributed by atoms with Gasteiger partial charge in [0.15, 0.2) is 0 Å². The molecule has 1 saturated carbocycles. The van der Waals surface area contributed by atoms with Crippen molar-refractivity contribution in [3.05, 3.63) is 35.1 Å². The third kappa shape index (κ3) is 3.83. The second-order valence-corrected chi connectivity index (χ2v) is 6.50. The van der Waals surface area contributed by atoms with Crippen molar-refractivity contribution in [1.29, 1.82) is 0 Å². The molecular weight excluding hydrogens is 263 g/mol. The fourth-order valence-electron chi connectivity index (χ4n) is 3.74.